The van der Waals surface area contributed by atoms with Crippen LogP contribution in [0.1, 0.15) is 6.92 Å². The van der Waals surface area contributed by atoms with Crippen LogP contribution in [0.15, 0.2) is 132 Å². The molecule has 4 rings (SSSR count). The number of rotatable bonds is 7. The molecule has 0 fully saturated rings. The number of ether oxygens (including phenoxy) is 1. The van der Waals surface area contributed by atoms with Crippen molar-refractivity contribution in [1.82, 2.24) is 0 Å². The number of carbonyl (C=O) groups is 1. The van der Waals surface area contributed by atoms with Gasteiger partial charge in [0.2, 0.25) is 0 Å². The summed E-state index contributed by atoms with van der Waals surface area (Å²) in [6.07, 6.45) is 0. The Balaban J connectivity index is 2.17. The third-order valence-corrected chi connectivity index (χ3v) is 9.35. The Kier molecular flexibility index (Phi) is 7.29. The molecule has 0 aromatic heterocycles. The monoisotopic (exact) mass is 452 g/mol. The van der Waals surface area contributed by atoms with Crippen LogP contribution >= 0.6 is 6.89 Å². The quantitative estimate of drug-likeness (QED) is 0.212. The van der Waals surface area contributed by atoms with Crippen molar-refractivity contribution in [2.24, 2.45) is 10.2 Å². The molecule has 0 unspecified atom stereocenters. The first-order valence-corrected chi connectivity index (χ1v) is 12.6. The molecule has 4 nitrogen and oxygen atoms in total. The number of carbonyl (C=O) groups excluding carboxylic acids is 1. The van der Waals surface area contributed by atoms with Crippen LogP contribution in [-0.2, 0) is 9.53 Å². The van der Waals surface area contributed by atoms with Crippen molar-refractivity contribution in [2.45, 2.75) is 6.92 Å². The normalized spacial score (nSPS) is 11.3. The fourth-order valence-electron chi connectivity index (χ4n) is 3.81. The number of azo groups is 1. The van der Waals surface area contributed by atoms with Crippen molar-refractivity contribution in [3.05, 3.63) is 121 Å². The van der Waals surface area contributed by atoms with Gasteiger partial charge < -0.3 is 4.74 Å². The van der Waals surface area contributed by atoms with Gasteiger partial charge in [-0.2, -0.15) is 5.11 Å². The Morgan fingerprint density at radius 1 is 0.667 bits per heavy atom. The van der Waals surface area contributed by atoms with Gasteiger partial charge in [-0.25, -0.2) is 4.79 Å². The molecule has 0 amide bonds. The van der Waals surface area contributed by atoms with Crippen molar-refractivity contribution in [3.63, 3.8) is 0 Å². The fraction of sp³-hybridized carbons (Fsp3) is 0.0714. The molecule has 0 aliphatic carbocycles. The van der Waals surface area contributed by atoms with Crippen LogP contribution in [0.2, 0.25) is 0 Å². The molecule has 0 spiro atoms. The summed E-state index contributed by atoms with van der Waals surface area (Å²) < 4.78 is 5.56. The van der Waals surface area contributed by atoms with E-state index in [1.54, 1.807) is 6.92 Å². The molecule has 0 aliphatic heterocycles. The lowest BCUT2D eigenvalue weighted by molar-refractivity contribution is -0.134. The Bertz CT molecular complexity index is 1170. The van der Waals surface area contributed by atoms with Gasteiger partial charge in [-0.3, -0.25) is 0 Å². The summed E-state index contributed by atoms with van der Waals surface area (Å²) in [7, 11) is 0. The van der Waals surface area contributed by atoms with Gasteiger partial charge in [0.05, 0.1) is 12.3 Å². The summed E-state index contributed by atoms with van der Waals surface area (Å²) in [5.41, 5.74) is 0.989. The van der Waals surface area contributed by atoms with Crippen molar-refractivity contribution in [1.29, 1.82) is 0 Å². The van der Waals surface area contributed by atoms with Crippen LogP contribution in [0.5, 0.6) is 0 Å². The molecule has 0 N–H and O–H groups in total. The third kappa shape index (κ3) is 4.72. The van der Waals surface area contributed by atoms with Gasteiger partial charge in [-0.1, -0.05) is 109 Å². The molecule has 33 heavy (non-hydrogen) atoms. The maximum atomic E-state index is 13.5. The second-order valence-corrected chi connectivity index (χ2v) is 10.6. The molecule has 4 aromatic carbocycles. The standard InChI is InChI=1S/C28H25N2O2P/c1-2-32-28(31)27(30-29-23-15-7-3-8-16-23)33(24-17-9-4-10-18-24,25-19-11-5-12-20-25)26-21-13-6-14-22-26/h3-22H,2H2,1H3. The maximum Gasteiger partial charge on any atom is 0.359 e. The predicted octanol–water partition coefficient (Wildman–Crippen LogP) is 5.46. The molecule has 0 radical (unpaired) electrons. The topological polar surface area (TPSA) is 51.0 Å². The summed E-state index contributed by atoms with van der Waals surface area (Å²) in [6.45, 7) is -0.650. The average Bonchev–Trinajstić information content (AvgIpc) is 2.89. The minimum Gasteiger partial charge on any atom is -0.461 e. The lowest BCUT2D eigenvalue weighted by Gasteiger charge is -2.29. The van der Waals surface area contributed by atoms with E-state index in [1.807, 2.05) is 84.9 Å². The van der Waals surface area contributed by atoms with Crippen LogP contribution in [0.3, 0.4) is 0 Å². The van der Waals surface area contributed by atoms with E-state index in [-0.39, 0.29) is 6.61 Å². The van der Waals surface area contributed by atoms with Crippen molar-refractivity contribution < 1.29 is 9.53 Å². The number of hydrogen-bond donors (Lipinski definition) is 0. The largest absolute Gasteiger partial charge is 0.461 e. The van der Waals surface area contributed by atoms with Gasteiger partial charge in [-0.05, 0) is 35.0 Å². The highest BCUT2D eigenvalue weighted by Crippen LogP contribution is 2.47. The lowest BCUT2D eigenvalue weighted by atomic mass is 10.3. The molecule has 4 aromatic rings. The van der Waals surface area contributed by atoms with E-state index < -0.39 is 12.9 Å². The Hall–Kier alpha value is -3.75. The second-order valence-electron chi connectivity index (χ2n) is 7.26. The van der Waals surface area contributed by atoms with E-state index in [2.05, 4.69) is 46.6 Å². The highest BCUT2D eigenvalue weighted by Gasteiger charge is 2.34. The lowest BCUT2D eigenvalue weighted by Crippen LogP contribution is -2.33. The van der Waals surface area contributed by atoms with E-state index in [1.165, 1.54) is 0 Å². The first-order chi connectivity index (χ1) is 16.3. The van der Waals surface area contributed by atoms with E-state index in [4.69, 9.17) is 4.74 Å². The predicted molar refractivity (Wildman–Crippen MR) is 138 cm³/mol. The van der Waals surface area contributed by atoms with Crippen LogP contribution < -0.4 is 15.9 Å². The fourth-order valence-corrected chi connectivity index (χ4v) is 7.81. The zero-order valence-electron chi connectivity index (χ0n) is 18.4. The van der Waals surface area contributed by atoms with Crippen LogP contribution in [-0.4, -0.2) is 18.0 Å². The smallest absolute Gasteiger partial charge is 0.359 e. The number of nitrogens with zero attached hydrogens (tertiary/aromatic N) is 2. The van der Waals surface area contributed by atoms with Gasteiger partial charge in [0.15, 0.2) is 5.42 Å². The molecule has 0 heterocycles. The maximum absolute atomic E-state index is 13.5. The van der Waals surface area contributed by atoms with E-state index in [9.17, 15) is 4.79 Å². The SMILES string of the molecule is CCOC(=O)C(N=Nc1ccccc1)=P(c1ccccc1)(c1ccccc1)c1ccccc1. The van der Waals surface area contributed by atoms with Gasteiger partial charge >= 0.3 is 5.97 Å². The van der Waals surface area contributed by atoms with Crippen LogP contribution in [0.25, 0.3) is 0 Å². The summed E-state index contributed by atoms with van der Waals surface area (Å²) >= 11 is 0. The van der Waals surface area contributed by atoms with Gasteiger partial charge in [0.1, 0.15) is 0 Å². The second kappa shape index (κ2) is 10.7. The minimum absolute atomic E-state index is 0.252. The van der Waals surface area contributed by atoms with Gasteiger partial charge in [-0.15, -0.1) is 5.11 Å². The molecule has 0 saturated heterocycles. The molecule has 5 heteroatoms. The first-order valence-electron chi connectivity index (χ1n) is 10.8. The molecular weight excluding hydrogens is 427 g/mol. The van der Waals surface area contributed by atoms with Crippen molar-refractivity contribution >= 4 is 39.9 Å². The highest BCUT2D eigenvalue weighted by atomic mass is 31.2. The Labute approximate surface area is 194 Å². The van der Waals surface area contributed by atoms with E-state index >= 15 is 0 Å². The summed E-state index contributed by atoms with van der Waals surface area (Å²) in [5.74, 6) is -0.456. The van der Waals surface area contributed by atoms with Crippen molar-refractivity contribution in [3.8, 4) is 0 Å². The molecular formula is C28H25N2O2P. The zero-order chi connectivity index (χ0) is 22.9. The van der Waals surface area contributed by atoms with E-state index in [0.29, 0.717) is 11.1 Å². The molecule has 0 bridgehead atoms. The van der Waals surface area contributed by atoms with Crippen LogP contribution in [0.4, 0.5) is 5.69 Å². The summed E-state index contributed by atoms with van der Waals surface area (Å²) in [4.78, 5) is 13.5. The first kappa shape index (κ1) is 22.4. The molecule has 0 atom stereocenters. The number of hydrogen-bond acceptors (Lipinski definition) is 3. The third-order valence-electron chi connectivity index (χ3n) is 5.22. The van der Waals surface area contributed by atoms with Gasteiger partial charge in [0, 0.05) is 6.89 Å². The Morgan fingerprint density at radius 2 is 1.06 bits per heavy atom. The summed E-state index contributed by atoms with van der Waals surface area (Å²) in [6, 6.07) is 39.7. The zero-order valence-corrected chi connectivity index (χ0v) is 19.3. The van der Waals surface area contributed by atoms with Gasteiger partial charge in [0.25, 0.3) is 0 Å². The Morgan fingerprint density at radius 3 is 1.45 bits per heavy atom. The van der Waals surface area contributed by atoms with Crippen LogP contribution in [0, 0.1) is 0 Å². The minimum atomic E-state index is -2.70. The van der Waals surface area contributed by atoms with E-state index in [0.717, 1.165) is 15.9 Å². The number of benzene rings is 4. The summed E-state index contributed by atoms with van der Waals surface area (Å²) in [5, 5.41) is 12.1. The molecule has 0 saturated carbocycles. The highest BCUT2D eigenvalue weighted by molar-refractivity contribution is 7.96. The number of esters is 1. The molecule has 0 aliphatic rings. The average molecular weight is 452 g/mol. The van der Waals surface area contributed by atoms with Crippen molar-refractivity contribution in [2.75, 3.05) is 6.61 Å². The molecule has 164 valence electrons.